The molecule has 1 unspecified atom stereocenters. The lowest BCUT2D eigenvalue weighted by Crippen LogP contribution is -2.34. The molecule has 1 heteroatoms. The van der Waals surface area contributed by atoms with E-state index in [2.05, 4.69) is 190 Å². The highest BCUT2D eigenvalue weighted by atomic mass is 15.2. The second kappa shape index (κ2) is 10.4. The van der Waals surface area contributed by atoms with Crippen LogP contribution in [0.1, 0.15) is 67.1 Å². The fraction of sp³-hybridized carbons (Fsp3) is 0.143. The molecule has 1 atom stereocenters. The van der Waals surface area contributed by atoms with E-state index in [0.717, 1.165) is 0 Å². The summed E-state index contributed by atoms with van der Waals surface area (Å²) in [6, 6.07) is 56.7. The van der Waals surface area contributed by atoms with Crippen molar-refractivity contribution in [1.29, 1.82) is 0 Å². The molecule has 0 saturated heterocycles. The van der Waals surface area contributed by atoms with Gasteiger partial charge in [-0.15, -0.1) is 0 Å². The highest BCUT2D eigenvalue weighted by Gasteiger charge is 2.41. The second-order valence-electron chi connectivity index (χ2n) is 15.3. The Labute approximate surface area is 295 Å². The number of fused-ring (bicyclic) bond motifs is 7. The van der Waals surface area contributed by atoms with Crippen molar-refractivity contribution in [3.05, 3.63) is 191 Å². The van der Waals surface area contributed by atoms with Gasteiger partial charge < -0.3 is 4.90 Å². The van der Waals surface area contributed by atoms with Crippen molar-refractivity contribution in [1.82, 2.24) is 0 Å². The van der Waals surface area contributed by atoms with Crippen molar-refractivity contribution in [3.8, 4) is 33.4 Å². The van der Waals surface area contributed by atoms with Crippen LogP contribution in [0.3, 0.4) is 0 Å². The normalized spacial score (nSPS) is 17.4. The number of para-hydroxylation sites is 1. The van der Waals surface area contributed by atoms with Crippen molar-refractivity contribution < 1.29 is 0 Å². The van der Waals surface area contributed by atoms with Crippen LogP contribution < -0.4 is 4.90 Å². The van der Waals surface area contributed by atoms with Crippen LogP contribution in [-0.4, -0.2) is 0 Å². The third-order valence-electron chi connectivity index (χ3n) is 11.9. The average molecular weight is 642 g/mol. The Morgan fingerprint density at radius 1 is 0.460 bits per heavy atom. The lowest BCUT2D eigenvalue weighted by Gasteiger charge is -2.43. The van der Waals surface area contributed by atoms with Gasteiger partial charge in [0.1, 0.15) is 0 Å². The Hall–Kier alpha value is -5.66. The first kappa shape index (κ1) is 29.3. The smallest absolute Gasteiger partial charge is 0.0798 e. The molecule has 0 fully saturated rings. The van der Waals surface area contributed by atoms with Crippen molar-refractivity contribution in [2.75, 3.05) is 4.90 Å². The molecule has 3 aliphatic rings. The molecular weight excluding hydrogens is 603 g/mol. The zero-order valence-corrected chi connectivity index (χ0v) is 29.0. The summed E-state index contributed by atoms with van der Waals surface area (Å²) in [6.07, 6.45) is 2.48. The summed E-state index contributed by atoms with van der Waals surface area (Å²) in [5.41, 5.74) is 18.7. The van der Waals surface area contributed by atoms with Crippen LogP contribution in [0.25, 0.3) is 49.9 Å². The number of hydrogen-bond acceptors (Lipinski definition) is 1. The van der Waals surface area contributed by atoms with Gasteiger partial charge in [-0.25, -0.2) is 0 Å². The molecule has 0 N–H and O–H groups in total. The predicted molar refractivity (Wildman–Crippen MR) is 211 cm³/mol. The van der Waals surface area contributed by atoms with Gasteiger partial charge in [0, 0.05) is 27.8 Å². The molecule has 10 rings (SSSR count). The predicted octanol–water partition coefficient (Wildman–Crippen LogP) is 12.7. The summed E-state index contributed by atoms with van der Waals surface area (Å²) in [5, 5.41) is 2.60. The summed E-state index contributed by atoms with van der Waals surface area (Å²) in [5.74, 6) is 0. The van der Waals surface area contributed by atoms with Crippen LogP contribution in [0.15, 0.2) is 158 Å². The van der Waals surface area contributed by atoms with Crippen molar-refractivity contribution in [3.63, 3.8) is 0 Å². The van der Waals surface area contributed by atoms with Gasteiger partial charge in [0.05, 0.1) is 6.04 Å². The van der Waals surface area contributed by atoms with Crippen molar-refractivity contribution in [2.45, 2.75) is 44.6 Å². The minimum Gasteiger partial charge on any atom is -0.330 e. The highest BCUT2D eigenvalue weighted by Crippen LogP contribution is 2.56. The molecule has 0 radical (unpaired) electrons. The summed E-state index contributed by atoms with van der Waals surface area (Å²) in [7, 11) is 0. The molecule has 0 amide bonds. The Bertz CT molecular complexity index is 2530. The first-order valence-electron chi connectivity index (χ1n) is 17.9. The first-order chi connectivity index (χ1) is 24.3. The van der Waals surface area contributed by atoms with Gasteiger partial charge in [0.25, 0.3) is 0 Å². The van der Waals surface area contributed by atoms with Gasteiger partial charge in [-0.05, 0) is 102 Å². The SMILES string of the molecule is CC1(C)c2cc3ccccc3cc2-c2c(C3=CC(c4ccc(-c5cccc6c5C(C)(C)c5ccccc5-6)cc4)N3c3ccccc3)cccc21. The summed E-state index contributed by atoms with van der Waals surface area (Å²) in [6.45, 7) is 9.51. The summed E-state index contributed by atoms with van der Waals surface area (Å²) in [4.78, 5) is 2.54. The monoisotopic (exact) mass is 641 g/mol. The first-order valence-corrected chi connectivity index (χ1v) is 17.9. The standard InChI is InChI=1S/C49H39N/c1-48(2)42-23-13-21-39(46(42)40-28-33-14-8-9-15-34(33)29-43(40)48)45-30-44(50(45)35-16-6-5-7-17-35)32-26-24-31(25-27-32)36-19-12-20-38-37-18-10-11-22-41(37)49(3,4)47(36)38/h5-30,44H,1-4H3. The second-order valence-corrected chi connectivity index (χ2v) is 15.3. The topological polar surface area (TPSA) is 3.24 Å². The molecule has 0 bridgehead atoms. The highest BCUT2D eigenvalue weighted by molar-refractivity contribution is 6.00. The molecule has 1 nitrogen and oxygen atoms in total. The quantitative estimate of drug-likeness (QED) is 0.185. The molecule has 0 spiro atoms. The van der Waals surface area contributed by atoms with E-state index in [1.54, 1.807) is 0 Å². The van der Waals surface area contributed by atoms with Gasteiger partial charge in [-0.1, -0.05) is 155 Å². The van der Waals surface area contributed by atoms with E-state index in [1.165, 1.54) is 88.9 Å². The molecule has 1 aliphatic heterocycles. The van der Waals surface area contributed by atoms with Gasteiger partial charge in [-0.2, -0.15) is 0 Å². The minimum absolute atomic E-state index is 0.0493. The summed E-state index contributed by atoms with van der Waals surface area (Å²) >= 11 is 0. The molecule has 0 saturated carbocycles. The molecular formula is C49H39N. The van der Waals surface area contributed by atoms with E-state index >= 15 is 0 Å². The van der Waals surface area contributed by atoms with Crippen molar-refractivity contribution in [2.24, 2.45) is 0 Å². The van der Waals surface area contributed by atoms with E-state index in [4.69, 9.17) is 0 Å². The van der Waals surface area contributed by atoms with Crippen LogP contribution in [0.2, 0.25) is 0 Å². The largest absolute Gasteiger partial charge is 0.330 e. The lowest BCUT2D eigenvalue weighted by molar-refractivity contribution is 0.661. The number of benzene rings is 7. The van der Waals surface area contributed by atoms with Crippen LogP contribution in [0.4, 0.5) is 5.69 Å². The Morgan fingerprint density at radius 2 is 1.08 bits per heavy atom. The zero-order chi connectivity index (χ0) is 33.8. The van der Waals surface area contributed by atoms with Crippen LogP contribution in [0, 0.1) is 0 Å². The van der Waals surface area contributed by atoms with Crippen molar-refractivity contribution >= 4 is 22.2 Å². The maximum Gasteiger partial charge on any atom is 0.0798 e. The van der Waals surface area contributed by atoms with Gasteiger partial charge in [0.15, 0.2) is 0 Å². The number of anilines is 1. The van der Waals surface area contributed by atoms with Crippen LogP contribution in [0.5, 0.6) is 0 Å². The fourth-order valence-electron chi connectivity index (χ4n) is 9.36. The lowest BCUT2D eigenvalue weighted by atomic mass is 9.78. The molecule has 7 aromatic carbocycles. The zero-order valence-electron chi connectivity index (χ0n) is 29.0. The van der Waals surface area contributed by atoms with E-state index in [9.17, 15) is 0 Å². The van der Waals surface area contributed by atoms with Gasteiger partial charge in [-0.3, -0.25) is 0 Å². The molecule has 240 valence electrons. The third kappa shape index (κ3) is 4.01. The molecule has 0 aromatic heterocycles. The van der Waals surface area contributed by atoms with Gasteiger partial charge >= 0.3 is 0 Å². The number of nitrogens with zero attached hydrogens (tertiary/aromatic N) is 1. The maximum atomic E-state index is 2.54. The Kier molecular flexibility index (Phi) is 6.10. The maximum absolute atomic E-state index is 2.54. The van der Waals surface area contributed by atoms with E-state index in [-0.39, 0.29) is 16.9 Å². The van der Waals surface area contributed by atoms with Crippen LogP contribution >= 0.6 is 0 Å². The fourth-order valence-corrected chi connectivity index (χ4v) is 9.36. The average Bonchev–Trinajstić information content (AvgIpc) is 3.51. The molecule has 7 aromatic rings. The molecule has 1 heterocycles. The van der Waals surface area contributed by atoms with E-state index < -0.39 is 0 Å². The minimum atomic E-state index is -0.0740. The Balaban J connectivity index is 1.08. The van der Waals surface area contributed by atoms with E-state index in [0.29, 0.717) is 0 Å². The van der Waals surface area contributed by atoms with Crippen LogP contribution in [-0.2, 0) is 10.8 Å². The number of hydrogen-bond donors (Lipinski definition) is 0. The molecule has 2 aliphatic carbocycles. The Morgan fingerprint density at radius 3 is 1.88 bits per heavy atom. The third-order valence-corrected chi connectivity index (χ3v) is 11.9. The van der Waals surface area contributed by atoms with E-state index in [1.807, 2.05) is 0 Å². The molecule has 50 heavy (non-hydrogen) atoms. The van der Waals surface area contributed by atoms with Gasteiger partial charge in [0.2, 0.25) is 0 Å². The summed E-state index contributed by atoms with van der Waals surface area (Å²) < 4.78 is 0. The number of rotatable bonds is 4.